The lowest BCUT2D eigenvalue weighted by Crippen LogP contribution is -1.87. The highest BCUT2D eigenvalue weighted by molar-refractivity contribution is 7.03. The molecule has 3 N–H and O–H groups in total. The number of aromatic nitrogens is 4. The number of nitrogens with zero attached hydrogens (tertiary/aromatic N) is 3. The lowest BCUT2D eigenvalue weighted by Gasteiger charge is -2.01. The number of rotatable bonds is 4. The molecule has 0 bridgehead atoms. The van der Waals surface area contributed by atoms with Crippen molar-refractivity contribution in [1.29, 1.82) is 0 Å². The van der Waals surface area contributed by atoms with E-state index in [0.29, 0.717) is 12.0 Å². The van der Waals surface area contributed by atoms with E-state index in [1.165, 1.54) is 11.5 Å². The number of nitrogens with one attached hydrogen (secondary N) is 2. The Hall–Kier alpha value is -3.52. The zero-order valence-electron chi connectivity index (χ0n) is 14.5. The van der Waals surface area contributed by atoms with Crippen molar-refractivity contribution in [2.75, 3.05) is 12.4 Å². The van der Waals surface area contributed by atoms with Gasteiger partial charge >= 0.3 is 0 Å². The number of phenols is 1. The standard InChI is InChI=1S/C16H15N3O.C3H2N2OS/c1-17-13-7-5-11(6-8-13)16-18-10-15(19-16)12-3-2-4-14(20)9-12;6-1-3-2-7-5-4-3/h2-10,17,20H,1H3,(H,18,19);1-2H. The van der Waals surface area contributed by atoms with E-state index in [1.807, 2.05) is 43.4 Å². The van der Waals surface area contributed by atoms with Gasteiger partial charge in [-0.15, -0.1) is 5.10 Å². The number of imidazole rings is 1. The van der Waals surface area contributed by atoms with Gasteiger partial charge < -0.3 is 15.4 Å². The van der Waals surface area contributed by atoms with Crippen LogP contribution in [0.3, 0.4) is 0 Å². The quantitative estimate of drug-likeness (QED) is 0.466. The van der Waals surface area contributed by atoms with Gasteiger partial charge in [0.15, 0.2) is 6.29 Å². The molecular weight excluding hydrogens is 362 g/mol. The molecule has 2 heterocycles. The Bertz CT molecular complexity index is 997. The predicted octanol–water partition coefficient (Wildman–Crippen LogP) is 3.84. The molecule has 0 unspecified atom stereocenters. The van der Waals surface area contributed by atoms with E-state index in [1.54, 1.807) is 23.7 Å². The lowest BCUT2D eigenvalue weighted by atomic mass is 10.1. The Morgan fingerprint density at radius 1 is 1.15 bits per heavy atom. The summed E-state index contributed by atoms with van der Waals surface area (Å²) in [7, 11) is 1.89. The molecule has 0 atom stereocenters. The number of carbonyl (C=O) groups is 1. The van der Waals surface area contributed by atoms with Crippen molar-refractivity contribution in [1.82, 2.24) is 19.6 Å². The van der Waals surface area contributed by atoms with Crippen molar-refractivity contribution in [3.63, 3.8) is 0 Å². The van der Waals surface area contributed by atoms with Crippen LogP contribution in [0.25, 0.3) is 22.6 Å². The number of benzene rings is 2. The van der Waals surface area contributed by atoms with Gasteiger partial charge in [0.05, 0.1) is 11.9 Å². The minimum absolute atomic E-state index is 0.247. The number of anilines is 1. The third-order valence-corrected chi connectivity index (χ3v) is 4.20. The molecule has 136 valence electrons. The number of phenolic OH excluding ortho intramolecular Hbond substituents is 1. The van der Waals surface area contributed by atoms with E-state index < -0.39 is 0 Å². The molecule has 0 spiro atoms. The molecule has 0 fully saturated rings. The molecule has 0 aliphatic carbocycles. The minimum atomic E-state index is 0.247. The Morgan fingerprint density at radius 3 is 2.56 bits per heavy atom. The van der Waals surface area contributed by atoms with Gasteiger partial charge in [0.25, 0.3) is 0 Å². The fourth-order valence-corrected chi connectivity index (χ4v) is 2.71. The Morgan fingerprint density at radius 2 is 1.96 bits per heavy atom. The highest BCUT2D eigenvalue weighted by Gasteiger charge is 2.06. The van der Waals surface area contributed by atoms with Gasteiger partial charge in [0.1, 0.15) is 17.3 Å². The summed E-state index contributed by atoms with van der Waals surface area (Å²) in [4.78, 5) is 17.4. The molecule has 2 aromatic carbocycles. The number of H-pyrrole nitrogens is 1. The number of aromatic hydroxyl groups is 1. The molecule has 27 heavy (non-hydrogen) atoms. The lowest BCUT2D eigenvalue weighted by molar-refractivity contribution is 0.111. The zero-order chi connectivity index (χ0) is 19.1. The van der Waals surface area contributed by atoms with Crippen molar-refractivity contribution in [2.24, 2.45) is 0 Å². The van der Waals surface area contributed by atoms with Crippen LogP contribution in [0.5, 0.6) is 5.75 Å². The molecule has 0 amide bonds. The summed E-state index contributed by atoms with van der Waals surface area (Å²) in [5.41, 5.74) is 4.29. The molecule has 0 aliphatic heterocycles. The average molecular weight is 379 g/mol. The minimum Gasteiger partial charge on any atom is -0.508 e. The zero-order valence-corrected chi connectivity index (χ0v) is 15.3. The molecular formula is C19H17N5O2S. The number of carbonyl (C=O) groups excluding carboxylic acids is 1. The van der Waals surface area contributed by atoms with Gasteiger partial charge in [0, 0.05) is 29.2 Å². The highest BCUT2D eigenvalue weighted by Crippen LogP contribution is 2.25. The van der Waals surface area contributed by atoms with Gasteiger partial charge in [-0.25, -0.2) is 4.98 Å². The van der Waals surface area contributed by atoms with Crippen molar-refractivity contribution < 1.29 is 9.90 Å². The molecule has 4 aromatic rings. The second kappa shape index (κ2) is 8.72. The molecule has 2 aromatic heterocycles. The van der Waals surface area contributed by atoms with Crippen LogP contribution in [0.1, 0.15) is 10.5 Å². The molecule has 0 radical (unpaired) electrons. The Balaban J connectivity index is 0.000000253. The molecule has 0 saturated carbocycles. The third kappa shape index (κ3) is 4.77. The number of hydrogen-bond acceptors (Lipinski definition) is 7. The fourth-order valence-electron chi connectivity index (χ4n) is 2.31. The summed E-state index contributed by atoms with van der Waals surface area (Å²) >= 11 is 1.17. The molecule has 4 rings (SSSR count). The van der Waals surface area contributed by atoms with Crippen LogP contribution in [-0.2, 0) is 0 Å². The SMILES string of the molecule is CNc1ccc(-c2ncc(-c3cccc(O)c3)[nH]2)cc1.O=Cc1csnn1. The van der Waals surface area contributed by atoms with E-state index in [9.17, 15) is 9.90 Å². The first-order valence-corrected chi connectivity index (χ1v) is 8.88. The second-order valence-corrected chi connectivity index (χ2v) is 6.08. The number of aldehydes is 1. The molecule has 0 saturated heterocycles. The fraction of sp³-hybridized carbons (Fsp3) is 0.0526. The molecule has 0 aliphatic rings. The van der Waals surface area contributed by atoms with E-state index in [-0.39, 0.29) is 5.75 Å². The van der Waals surface area contributed by atoms with E-state index in [4.69, 9.17) is 0 Å². The summed E-state index contributed by atoms with van der Waals surface area (Å²) in [5, 5.41) is 17.6. The van der Waals surface area contributed by atoms with Crippen molar-refractivity contribution in [2.45, 2.75) is 0 Å². The maximum Gasteiger partial charge on any atom is 0.171 e. The van der Waals surface area contributed by atoms with Gasteiger partial charge in [-0.2, -0.15) is 0 Å². The predicted molar refractivity (Wildman–Crippen MR) is 106 cm³/mol. The number of aromatic amines is 1. The maximum atomic E-state index is 9.77. The summed E-state index contributed by atoms with van der Waals surface area (Å²) in [5.74, 6) is 1.06. The molecule has 7 nitrogen and oxygen atoms in total. The summed E-state index contributed by atoms with van der Waals surface area (Å²) in [6.07, 6.45) is 2.44. The number of hydrogen-bond donors (Lipinski definition) is 3. The highest BCUT2D eigenvalue weighted by atomic mass is 32.1. The van der Waals surface area contributed by atoms with Crippen LogP contribution < -0.4 is 5.32 Å². The van der Waals surface area contributed by atoms with Crippen molar-refractivity contribution in [3.05, 3.63) is 65.8 Å². The van der Waals surface area contributed by atoms with Crippen LogP contribution in [0.2, 0.25) is 0 Å². The smallest absolute Gasteiger partial charge is 0.171 e. The van der Waals surface area contributed by atoms with Gasteiger partial charge in [-0.05, 0) is 47.9 Å². The van der Waals surface area contributed by atoms with Gasteiger partial charge in [-0.3, -0.25) is 4.79 Å². The molecule has 8 heteroatoms. The van der Waals surface area contributed by atoms with Crippen LogP contribution in [-0.4, -0.2) is 38.0 Å². The van der Waals surface area contributed by atoms with Crippen LogP contribution in [0.15, 0.2) is 60.1 Å². The Kier molecular flexibility index (Phi) is 5.91. The van der Waals surface area contributed by atoms with Crippen molar-refractivity contribution >= 4 is 23.5 Å². The second-order valence-electron chi connectivity index (χ2n) is 5.47. The Labute approximate surface area is 159 Å². The van der Waals surface area contributed by atoms with E-state index >= 15 is 0 Å². The van der Waals surface area contributed by atoms with Crippen LogP contribution >= 0.6 is 11.5 Å². The maximum absolute atomic E-state index is 9.77. The average Bonchev–Trinajstić information content (AvgIpc) is 3.40. The monoisotopic (exact) mass is 379 g/mol. The van der Waals surface area contributed by atoms with Gasteiger partial charge in [0.2, 0.25) is 0 Å². The van der Waals surface area contributed by atoms with Crippen molar-refractivity contribution in [3.8, 4) is 28.4 Å². The first kappa shape index (κ1) is 18.3. The van der Waals surface area contributed by atoms with E-state index in [2.05, 4.69) is 24.9 Å². The summed E-state index contributed by atoms with van der Waals surface area (Å²) < 4.78 is 3.45. The summed E-state index contributed by atoms with van der Waals surface area (Å²) in [6.45, 7) is 0. The van der Waals surface area contributed by atoms with Gasteiger partial charge in [-0.1, -0.05) is 16.6 Å². The van der Waals surface area contributed by atoms with E-state index in [0.717, 1.165) is 28.3 Å². The topological polar surface area (TPSA) is 104 Å². The normalized spacial score (nSPS) is 9.96. The first-order valence-electron chi connectivity index (χ1n) is 8.04. The third-order valence-electron chi connectivity index (χ3n) is 3.68. The first-order chi connectivity index (χ1) is 13.2. The van der Waals surface area contributed by atoms with Crippen LogP contribution in [0.4, 0.5) is 5.69 Å². The summed E-state index contributed by atoms with van der Waals surface area (Å²) in [6, 6.07) is 15.1. The largest absolute Gasteiger partial charge is 0.508 e. The van der Waals surface area contributed by atoms with Crippen LogP contribution in [0, 0.1) is 0 Å².